The quantitative estimate of drug-likeness (QED) is 0.419. The monoisotopic (exact) mass is 614 g/mol. The van der Waals surface area contributed by atoms with E-state index in [1.165, 1.54) is 0 Å². The van der Waals surface area contributed by atoms with E-state index in [9.17, 15) is 9.59 Å². The minimum absolute atomic E-state index is 0.151. The molecule has 0 radical (unpaired) electrons. The van der Waals surface area contributed by atoms with Crippen molar-refractivity contribution in [3.63, 3.8) is 0 Å². The maximum atomic E-state index is 13.6. The van der Waals surface area contributed by atoms with E-state index in [1.807, 2.05) is 61.6 Å². The van der Waals surface area contributed by atoms with Crippen LogP contribution in [0, 0.1) is 5.41 Å². The van der Waals surface area contributed by atoms with E-state index < -0.39 is 5.60 Å². The van der Waals surface area contributed by atoms with Gasteiger partial charge in [0.1, 0.15) is 35.1 Å². The molecule has 2 amide bonds. The number of rotatable bonds is 7. The van der Waals surface area contributed by atoms with Gasteiger partial charge in [-0.2, -0.15) is 0 Å². The Kier molecular flexibility index (Phi) is 7.30. The molecule has 1 N–H and O–H groups in total. The molecule has 1 aromatic carbocycles. The lowest BCUT2D eigenvalue weighted by atomic mass is 9.72. The molecule has 1 aliphatic carbocycles. The lowest BCUT2D eigenvalue weighted by molar-refractivity contribution is -0.0610. The summed E-state index contributed by atoms with van der Waals surface area (Å²) in [6.07, 6.45) is 6.13. The third kappa shape index (κ3) is 6.12. The van der Waals surface area contributed by atoms with Gasteiger partial charge in [0.2, 0.25) is 0 Å². The SMILES string of the molecule is Cn1cnnc1CC1(c2cccc(NC(=O)c3cc(N4CC5(CCN(C(=O)OC(C)(C)C)CC5)C4)nc(C4CC4)n3)c2)COC1. The Morgan fingerprint density at radius 2 is 1.84 bits per heavy atom. The molecule has 7 rings (SSSR count). The normalized spacial score (nSPS) is 20.4. The van der Waals surface area contributed by atoms with Crippen molar-refractivity contribution in [1.82, 2.24) is 29.6 Å². The van der Waals surface area contributed by atoms with Crippen molar-refractivity contribution < 1.29 is 19.1 Å². The Labute approximate surface area is 263 Å². The number of nitrogens with one attached hydrogen (secondary N) is 1. The molecule has 0 atom stereocenters. The predicted molar refractivity (Wildman–Crippen MR) is 167 cm³/mol. The second-order valence-electron chi connectivity index (χ2n) is 14.4. The first kappa shape index (κ1) is 29.6. The zero-order valence-electron chi connectivity index (χ0n) is 26.6. The fraction of sp³-hybridized carbons (Fsp3) is 0.576. The number of aryl methyl sites for hydroxylation is 1. The Hall–Kier alpha value is -4.06. The van der Waals surface area contributed by atoms with Crippen LogP contribution in [0.25, 0.3) is 0 Å². The average Bonchev–Trinajstić information content (AvgIpc) is 3.74. The lowest BCUT2D eigenvalue weighted by Gasteiger charge is -2.54. The Morgan fingerprint density at radius 1 is 1.09 bits per heavy atom. The molecule has 12 nitrogen and oxygen atoms in total. The van der Waals surface area contributed by atoms with Gasteiger partial charge < -0.3 is 29.2 Å². The van der Waals surface area contributed by atoms with Crippen LogP contribution in [0.4, 0.5) is 16.3 Å². The number of amides is 2. The molecule has 3 aliphatic heterocycles. The van der Waals surface area contributed by atoms with Crippen molar-refractivity contribution in [2.75, 3.05) is 49.6 Å². The molecule has 4 aliphatic rings. The first-order chi connectivity index (χ1) is 21.5. The number of piperidine rings is 1. The highest BCUT2D eigenvalue weighted by Gasteiger charge is 2.47. The number of carbonyl (C=O) groups is 2. The summed E-state index contributed by atoms with van der Waals surface area (Å²) < 4.78 is 13.2. The summed E-state index contributed by atoms with van der Waals surface area (Å²) >= 11 is 0. The number of hydrogen-bond donors (Lipinski definition) is 1. The first-order valence-corrected chi connectivity index (χ1v) is 15.9. The average molecular weight is 615 g/mol. The van der Waals surface area contributed by atoms with Crippen molar-refractivity contribution >= 4 is 23.5 Å². The van der Waals surface area contributed by atoms with E-state index in [2.05, 4.69) is 26.5 Å². The summed E-state index contributed by atoms with van der Waals surface area (Å²) in [5.41, 5.74) is 1.64. The summed E-state index contributed by atoms with van der Waals surface area (Å²) in [6.45, 7) is 9.97. The first-order valence-electron chi connectivity index (χ1n) is 15.9. The summed E-state index contributed by atoms with van der Waals surface area (Å²) in [5, 5.41) is 11.4. The Morgan fingerprint density at radius 3 is 2.47 bits per heavy atom. The summed E-state index contributed by atoms with van der Waals surface area (Å²) in [7, 11) is 1.94. The van der Waals surface area contributed by atoms with E-state index in [0.717, 1.165) is 67.5 Å². The number of ether oxygens (including phenoxy) is 2. The van der Waals surface area contributed by atoms with Gasteiger partial charge in [0.15, 0.2) is 0 Å². The number of anilines is 2. The molecule has 5 heterocycles. The van der Waals surface area contributed by atoms with E-state index in [1.54, 1.807) is 6.33 Å². The molecule has 3 aromatic rings. The molecule has 1 saturated carbocycles. The van der Waals surface area contributed by atoms with Gasteiger partial charge in [-0.1, -0.05) is 12.1 Å². The summed E-state index contributed by atoms with van der Waals surface area (Å²) in [6, 6.07) is 9.81. The number of likely N-dealkylation sites (tertiary alicyclic amines) is 1. The summed E-state index contributed by atoms with van der Waals surface area (Å²) in [5.74, 6) is 2.52. The lowest BCUT2D eigenvalue weighted by Crippen LogP contribution is -2.61. The van der Waals surface area contributed by atoms with Crippen molar-refractivity contribution in [1.29, 1.82) is 0 Å². The van der Waals surface area contributed by atoms with Crippen LogP contribution in [-0.2, 0) is 28.4 Å². The highest BCUT2D eigenvalue weighted by molar-refractivity contribution is 6.03. The number of aromatic nitrogens is 5. The molecular formula is C33H42N8O4. The van der Waals surface area contributed by atoms with Crippen LogP contribution in [0.1, 0.15) is 80.1 Å². The third-order valence-electron chi connectivity index (χ3n) is 9.55. The van der Waals surface area contributed by atoms with Crippen LogP contribution in [0.2, 0.25) is 0 Å². The fourth-order valence-electron chi connectivity index (χ4n) is 6.60. The van der Waals surface area contributed by atoms with Crippen molar-refractivity contribution in [2.24, 2.45) is 12.5 Å². The maximum Gasteiger partial charge on any atom is 0.410 e. The van der Waals surface area contributed by atoms with E-state index in [0.29, 0.717) is 44.3 Å². The molecule has 4 fully saturated rings. The molecule has 0 bridgehead atoms. The van der Waals surface area contributed by atoms with Gasteiger partial charge >= 0.3 is 6.09 Å². The van der Waals surface area contributed by atoms with Crippen LogP contribution in [0.15, 0.2) is 36.7 Å². The second-order valence-corrected chi connectivity index (χ2v) is 14.4. The van der Waals surface area contributed by atoms with Crippen molar-refractivity contribution in [3.8, 4) is 0 Å². The highest BCUT2D eigenvalue weighted by Crippen LogP contribution is 2.44. The second kappa shape index (κ2) is 11.1. The number of benzene rings is 1. The minimum atomic E-state index is -0.496. The van der Waals surface area contributed by atoms with Gasteiger partial charge in [-0.25, -0.2) is 14.8 Å². The molecular weight excluding hydrogens is 572 g/mol. The van der Waals surface area contributed by atoms with E-state index in [4.69, 9.17) is 19.4 Å². The zero-order chi connectivity index (χ0) is 31.4. The number of hydrogen-bond acceptors (Lipinski definition) is 9. The van der Waals surface area contributed by atoms with Crippen LogP contribution >= 0.6 is 0 Å². The molecule has 2 aromatic heterocycles. The topological polar surface area (TPSA) is 128 Å². The van der Waals surface area contributed by atoms with Crippen molar-refractivity contribution in [3.05, 3.63) is 59.6 Å². The van der Waals surface area contributed by atoms with Crippen LogP contribution < -0.4 is 10.2 Å². The van der Waals surface area contributed by atoms with Gasteiger partial charge in [0.25, 0.3) is 5.91 Å². The smallest absolute Gasteiger partial charge is 0.410 e. The van der Waals surface area contributed by atoms with Crippen LogP contribution in [0.3, 0.4) is 0 Å². The Balaban J connectivity index is 1.03. The molecule has 0 unspecified atom stereocenters. The molecule has 45 heavy (non-hydrogen) atoms. The minimum Gasteiger partial charge on any atom is -0.444 e. The molecule has 238 valence electrons. The van der Waals surface area contributed by atoms with Crippen LogP contribution in [0.5, 0.6) is 0 Å². The van der Waals surface area contributed by atoms with Crippen molar-refractivity contribution in [2.45, 2.75) is 69.8 Å². The van der Waals surface area contributed by atoms with E-state index >= 15 is 0 Å². The number of nitrogens with zero attached hydrogens (tertiary/aromatic N) is 7. The molecule has 12 heteroatoms. The van der Waals surface area contributed by atoms with Crippen LogP contribution in [-0.4, -0.2) is 86.6 Å². The van der Waals surface area contributed by atoms with Gasteiger partial charge in [0.05, 0.1) is 13.2 Å². The highest BCUT2D eigenvalue weighted by atomic mass is 16.6. The maximum absolute atomic E-state index is 13.6. The van der Waals surface area contributed by atoms with E-state index in [-0.39, 0.29) is 22.8 Å². The fourth-order valence-corrected chi connectivity index (χ4v) is 6.60. The van der Waals surface area contributed by atoms with Gasteiger partial charge in [-0.3, -0.25) is 4.79 Å². The van der Waals surface area contributed by atoms with Gasteiger partial charge in [-0.05, 0) is 64.2 Å². The zero-order valence-corrected chi connectivity index (χ0v) is 26.6. The van der Waals surface area contributed by atoms with Gasteiger partial charge in [-0.15, -0.1) is 10.2 Å². The molecule has 3 saturated heterocycles. The number of carbonyl (C=O) groups excluding carboxylic acids is 2. The standard InChI is InChI=1S/C33H42N8O4/c1-31(2,3)45-30(43)40-12-10-32(11-13-40)17-41(18-32)26-15-25(36-28(37-26)22-8-9-22)29(42)35-24-7-5-6-23(14-24)33(19-44-20-33)16-27-38-34-21-39(27)4/h5-7,14-15,21-22H,8-13,16-20H2,1-4H3,(H,35,42). The third-order valence-corrected chi connectivity index (χ3v) is 9.55. The van der Waals surface area contributed by atoms with Gasteiger partial charge in [0, 0.05) is 68.1 Å². The molecule has 1 spiro atoms. The largest absolute Gasteiger partial charge is 0.444 e. The summed E-state index contributed by atoms with van der Waals surface area (Å²) in [4.78, 5) is 39.8. The Bertz CT molecular complexity index is 1590. The predicted octanol–water partition coefficient (Wildman–Crippen LogP) is 4.08.